The summed E-state index contributed by atoms with van der Waals surface area (Å²) < 4.78 is 32.5. The molecule has 4 unspecified atom stereocenters. The van der Waals surface area contributed by atoms with Crippen LogP contribution in [0.25, 0.3) is 0 Å². The van der Waals surface area contributed by atoms with Gasteiger partial charge >= 0.3 is 0 Å². The van der Waals surface area contributed by atoms with Crippen molar-refractivity contribution >= 4 is 12.4 Å². The van der Waals surface area contributed by atoms with Gasteiger partial charge in [0.25, 0.3) is 0 Å². The first-order valence-electron chi connectivity index (χ1n) is 8.64. The quantitative estimate of drug-likeness (QED) is 0.845. The molecule has 0 spiro atoms. The van der Waals surface area contributed by atoms with Crippen LogP contribution in [0.5, 0.6) is 0 Å². The first-order valence-corrected chi connectivity index (χ1v) is 8.64. The summed E-state index contributed by atoms with van der Waals surface area (Å²) in [5.41, 5.74) is 0.576. The van der Waals surface area contributed by atoms with Gasteiger partial charge in [-0.2, -0.15) is 0 Å². The van der Waals surface area contributed by atoms with E-state index in [1.54, 1.807) is 6.07 Å². The molecule has 3 nitrogen and oxygen atoms in total. The Morgan fingerprint density at radius 3 is 2.88 bits per heavy atom. The predicted molar refractivity (Wildman–Crippen MR) is 93.8 cm³/mol. The molecule has 6 heteroatoms. The molecule has 0 bridgehead atoms. The molecule has 0 aromatic heterocycles. The van der Waals surface area contributed by atoms with E-state index in [0.29, 0.717) is 30.1 Å². The number of nitrogens with one attached hydrogen (secondary N) is 2. The van der Waals surface area contributed by atoms with Crippen molar-refractivity contribution in [3.8, 4) is 0 Å². The van der Waals surface area contributed by atoms with Crippen molar-refractivity contribution in [3.05, 3.63) is 35.4 Å². The molecule has 2 N–H and O–H groups in total. The van der Waals surface area contributed by atoms with Crippen LogP contribution in [0.2, 0.25) is 0 Å². The topological polar surface area (TPSA) is 33.3 Å². The summed E-state index contributed by atoms with van der Waals surface area (Å²) in [4.78, 5) is 0. The fraction of sp³-hybridized carbons (Fsp3) is 0.667. The van der Waals surface area contributed by atoms with Crippen LogP contribution >= 0.6 is 12.4 Å². The number of hydrogen-bond donors (Lipinski definition) is 2. The average molecular weight is 361 g/mol. The van der Waals surface area contributed by atoms with E-state index in [1.807, 2.05) is 6.92 Å². The van der Waals surface area contributed by atoms with Crippen LogP contribution in [-0.2, 0) is 4.74 Å². The summed E-state index contributed by atoms with van der Waals surface area (Å²) in [6, 6.07) is 4.71. The Kier molecular flexibility index (Phi) is 7.41. The van der Waals surface area contributed by atoms with E-state index in [2.05, 4.69) is 10.6 Å². The number of morpholine rings is 1. The highest BCUT2D eigenvalue weighted by Crippen LogP contribution is 2.30. The zero-order valence-corrected chi connectivity index (χ0v) is 14.9. The maximum atomic E-state index is 13.9. The van der Waals surface area contributed by atoms with Crippen LogP contribution in [0.1, 0.15) is 37.7 Å². The maximum Gasteiger partial charge on any atom is 0.129 e. The molecule has 0 radical (unpaired) electrons. The second-order valence-corrected chi connectivity index (χ2v) is 6.81. The molecule has 1 saturated carbocycles. The molecule has 0 amide bonds. The lowest BCUT2D eigenvalue weighted by atomic mass is 9.93. The van der Waals surface area contributed by atoms with Crippen LogP contribution in [-0.4, -0.2) is 38.4 Å². The third-order valence-corrected chi connectivity index (χ3v) is 5.22. The molecule has 4 atom stereocenters. The van der Waals surface area contributed by atoms with E-state index in [1.165, 1.54) is 18.9 Å². The van der Waals surface area contributed by atoms with Crippen LogP contribution in [0.4, 0.5) is 8.78 Å². The summed E-state index contributed by atoms with van der Waals surface area (Å²) in [6.45, 7) is 5.19. The third-order valence-electron chi connectivity index (χ3n) is 5.22. The Morgan fingerprint density at radius 2 is 2.17 bits per heavy atom. The molecule has 2 aliphatic rings. The van der Waals surface area contributed by atoms with Gasteiger partial charge in [0.2, 0.25) is 0 Å². The first-order chi connectivity index (χ1) is 11.1. The van der Waals surface area contributed by atoms with Gasteiger partial charge in [0.1, 0.15) is 11.6 Å². The van der Waals surface area contributed by atoms with E-state index in [0.717, 1.165) is 32.2 Å². The largest absolute Gasteiger partial charge is 0.379 e. The van der Waals surface area contributed by atoms with Crippen LogP contribution < -0.4 is 10.6 Å². The molecule has 24 heavy (non-hydrogen) atoms. The van der Waals surface area contributed by atoms with Crippen molar-refractivity contribution in [2.75, 3.05) is 26.3 Å². The van der Waals surface area contributed by atoms with E-state index in [-0.39, 0.29) is 18.3 Å². The van der Waals surface area contributed by atoms with Crippen molar-refractivity contribution in [2.24, 2.45) is 5.92 Å². The summed E-state index contributed by atoms with van der Waals surface area (Å²) in [6.07, 6.45) is 3.58. The number of rotatable bonds is 5. The smallest absolute Gasteiger partial charge is 0.129 e. The lowest BCUT2D eigenvalue weighted by Crippen LogP contribution is -2.51. The summed E-state index contributed by atoms with van der Waals surface area (Å²) in [7, 11) is 0. The van der Waals surface area contributed by atoms with Gasteiger partial charge in [-0.1, -0.05) is 19.4 Å². The zero-order valence-electron chi connectivity index (χ0n) is 14.1. The van der Waals surface area contributed by atoms with E-state index in [4.69, 9.17) is 4.74 Å². The minimum absolute atomic E-state index is 0. The van der Waals surface area contributed by atoms with E-state index in [9.17, 15) is 8.78 Å². The Labute approximate surface area is 148 Å². The van der Waals surface area contributed by atoms with Crippen molar-refractivity contribution in [1.29, 1.82) is 0 Å². The Hall–Kier alpha value is -0.750. The minimum Gasteiger partial charge on any atom is -0.379 e. The molecule has 1 aromatic rings. The molecular weight excluding hydrogens is 334 g/mol. The number of halogens is 3. The molecule has 136 valence electrons. The van der Waals surface area contributed by atoms with Gasteiger partial charge < -0.3 is 15.4 Å². The van der Waals surface area contributed by atoms with Crippen molar-refractivity contribution in [2.45, 2.75) is 44.2 Å². The minimum atomic E-state index is -0.523. The summed E-state index contributed by atoms with van der Waals surface area (Å²) in [5.74, 6) is -0.386. The lowest BCUT2D eigenvalue weighted by Gasteiger charge is -2.33. The van der Waals surface area contributed by atoms with Crippen LogP contribution in [0.15, 0.2) is 18.2 Å². The van der Waals surface area contributed by atoms with Crippen molar-refractivity contribution in [1.82, 2.24) is 10.6 Å². The van der Waals surface area contributed by atoms with E-state index >= 15 is 0 Å². The highest BCUT2D eigenvalue weighted by molar-refractivity contribution is 5.85. The highest BCUT2D eigenvalue weighted by atomic mass is 35.5. The molecule has 1 aliphatic heterocycles. The van der Waals surface area contributed by atoms with Gasteiger partial charge in [-0.3, -0.25) is 0 Å². The number of ether oxygens (including phenoxy) is 1. The van der Waals surface area contributed by atoms with Crippen LogP contribution in [0.3, 0.4) is 0 Å². The van der Waals surface area contributed by atoms with Gasteiger partial charge in [0.15, 0.2) is 0 Å². The van der Waals surface area contributed by atoms with Gasteiger partial charge in [0.05, 0.1) is 13.2 Å². The van der Waals surface area contributed by atoms with Gasteiger partial charge in [-0.15, -0.1) is 12.4 Å². The van der Waals surface area contributed by atoms with E-state index < -0.39 is 11.6 Å². The molecule has 3 rings (SSSR count). The number of benzene rings is 1. The Morgan fingerprint density at radius 1 is 1.33 bits per heavy atom. The van der Waals surface area contributed by atoms with Gasteiger partial charge in [-0.25, -0.2) is 8.78 Å². The molecule has 1 heterocycles. The summed E-state index contributed by atoms with van der Waals surface area (Å²) >= 11 is 0. The normalized spacial score (nSPS) is 28.4. The van der Waals surface area contributed by atoms with Crippen LogP contribution in [0, 0.1) is 17.6 Å². The average Bonchev–Trinajstić information content (AvgIpc) is 3.02. The van der Waals surface area contributed by atoms with Gasteiger partial charge in [-0.05, 0) is 36.3 Å². The zero-order chi connectivity index (χ0) is 16.2. The van der Waals surface area contributed by atoms with Crippen molar-refractivity contribution < 1.29 is 13.5 Å². The molecule has 1 saturated heterocycles. The molecular formula is C18H27ClF2N2O. The fourth-order valence-electron chi connectivity index (χ4n) is 3.92. The summed E-state index contributed by atoms with van der Waals surface area (Å²) in [5, 5.41) is 7.17. The van der Waals surface area contributed by atoms with Gasteiger partial charge in [0, 0.05) is 31.2 Å². The monoisotopic (exact) mass is 360 g/mol. The Balaban J connectivity index is 0.00000208. The predicted octanol–water partition coefficient (Wildman–Crippen LogP) is 3.24. The maximum absolute atomic E-state index is 13.9. The molecule has 1 aliphatic carbocycles. The molecule has 2 fully saturated rings. The standard InChI is InChI=1S/C18H26F2N2O.ClH/c1-12(14-6-5-13(19)9-16(14)20)10-22-17-4-2-3-15(17)18-11-23-8-7-21-18;/h5-6,9,12,15,17-18,21-22H,2-4,7-8,10-11H2,1H3;1H. The fourth-order valence-corrected chi connectivity index (χ4v) is 3.92. The lowest BCUT2D eigenvalue weighted by molar-refractivity contribution is 0.0525. The first kappa shape index (κ1) is 19.6. The van der Waals surface area contributed by atoms with Crippen molar-refractivity contribution in [3.63, 3.8) is 0 Å². The SMILES string of the molecule is CC(CNC1CCCC1C1COCCN1)c1ccc(F)cc1F.Cl. The molecule has 1 aromatic carbocycles. The highest BCUT2D eigenvalue weighted by Gasteiger charge is 2.34. The third kappa shape index (κ3) is 4.66. The second kappa shape index (κ2) is 9.09. The second-order valence-electron chi connectivity index (χ2n) is 6.81. The number of hydrogen-bond acceptors (Lipinski definition) is 3. The Bertz CT molecular complexity index is 526.